The number of nitrogens with zero attached hydrogens (tertiary/aromatic N) is 2. The molecular weight excluding hydrogens is 480 g/mol. The Morgan fingerprint density at radius 2 is 1.18 bits per heavy atom. The maximum Gasteiger partial charge on any atom is 0.160 e. The van der Waals surface area contributed by atoms with Gasteiger partial charge in [0.05, 0.1) is 11.2 Å². The molecule has 1 aliphatic heterocycles. The van der Waals surface area contributed by atoms with Gasteiger partial charge in [0.1, 0.15) is 0 Å². The standard InChI is InChI=1S/C35H26N2S/c1-35(2)28-13-7-9-15-31(28)38-32-22-26(20-21-29(32)35)23-16-18-25(19-17-23)34-36-30-14-8-6-12-27(30)33(37-34)24-10-4-3-5-11-24/h3-22H,1-2H3. The molecule has 2 heterocycles. The molecule has 6 aromatic rings. The van der Waals surface area contributed by atoms with E-state index in [1.54, 1.807) is 0 Å². The van der Waals surface area contributed by atoms with Gasteiger partial charge in [-0.2, -0.15) is 0 Å². The highest BCUT2D eigenvalue weighted by molar-refractivity contribution is 7.99. The Kier molecular flexibility index (Phi) is 5.41. The molecule has 5 aromatic carbocycles. The zero-order chi connectivity index (χ0) is 25.7. The molecule has 7 rings (SSSR count). The average Bonchev–Trinajstić information content (AvgIpc) is 2.97. The van der Waals surface area contributed by atoms with Crippen molar-refractivity contribution in [1.82, 2.24) is 9.97 Å². The van der Waals surface area contributed by atoms with Gasteiger partial charge < -0.3 is 0 Å². The molecule has 0 bridgehead atoms. The minimum atomic E-state index is -0.0105. The summed E-state index contributed by atoms with van der Waals surface area (Å²) in [6.45, 7) is 4.65. The molecule has 38 heavy (non-hydrogen) atoms. The molecule has 0 atom stereocenters. The van der Waals surface area contributed by atoms with Crippen molar-refractivity contribution in [3.8, 4) is 33.8 Å². The van der Waals surface area contributed by atoms with Crippen molar-refractivity contribution < 1.29 is 0 Å². The normalized spacial score (nSPS) is 13.6. The molecule has 1 aromatic heterocycles. The second kappa shape index (κ2) is 8.97. The number of para-hydroxylation sites is 1. The van der Waals surface area contributed by atoms with Crippen molar-refractivity contribution >= 4 is 22.7 Å². The van der Waals surface area contributed by atoms with E-state index < -0.39 is 0 Å². The third-order valence-electron chi connectivity index (χ3n) is 7.56. The van der Waals surface area contributed by atoms with Crippen LogP contribution < -0.4 is 0 Å². The van der Waals surface area contributed by atoms with E-state index in [9.17, 15) is 0 Å². The van der Waals surface area contributed by atoms with Crippen LogP contribution in [0.3, 0.4) is 0 Å². The van der Waals surface area contributed by atoms with Gasteiger partial charge in [-0.1, -0.05) is 129 Å². The molecule has 3 heteroatoms. The number of benzene rings is 5. The minimum absolute atomic E-state index is 0.0105. The van der Waals surface area contributed by atoms with Crippen LogP contribution in [-0.2, 0) is 5.41 Å². The van der Waals surface area contributed by atoms with Gasteiger partial charge in [0.15, 0.2) is 5.82 Å². The summed E-state index contributed by atoms with van der Waals surface area (Å²) < 4.78 is 0. The quantitative estimate of drug-likeness (QED) is 0.239. The first-order valence-electron chi connectivity index (χ1n) is 12.9. The predicted octanol–water partition coefficient (Wildman–Crippen LogP) is 9.42. The third-order valence-corrected chi connectivity index (χ3v) is 8.70. The first-order valence-corrected chi connectivity index (χ1v) is 13.7. The largest absolute Gasteiger partial charge is 0.228 e. The van der Waals surface area contributed by atoms with E-state index in [-0.39, 0.29) is 5.41 Å². The zero-order valence-corrected chi connectivity index (χ0v) is 22.2. The Hall–Kier alpha value is -4.21. The Morgan fingerprint density at radius 1 is 0.526 bits per heavy atom. The monoisotopic (exact) mass is 506 g/mol. The molecule has 0 N–H and O–H groups in total. The molecular formula is C35H26N2S. The molecule has 0 spiro atoms. The van der Waals surface area contributed by atoms with E-state index in [1.807, 2.05) is 30.0 Å². The smallest absolute Gasteiger partial charge is 0.160 e. The third kappa shape index (κ3) is 3.82. The van der Waals surface area contributed by atoms with Crippen molar-refractivity contribution in [2.75, 3.05) is 0 Å². The molecule has 0 saturated heterocycles. The summed E-state index contributed by atoms with van der Waals surface area (Å²) >= 11 is 1.87. The van der Waals surface area contributed by atoms with Gasteiger partial charge in [0, 0.05) is 31.7 Å². The van der Waals surface area contributed by atoms with Crippen molar-refractivity contribution in [3.05, 3.63) is 132 Å². The summed E-state index contributed by atoms with van der Waals surface area (Å²) in [5.41, 5.74) is 9.22. The fraction of sp³-hybridized carbons (Fsp3) is 0.0857. The number of rotatable bonds is 3. The van der Waals surface area contributed by atoms with Crippen LogP contribution >= 0.6 is 11.8 Å². The van der Waals surface area contributed by atoms with Gasteiger partial charge in [0.25, 0.3) is 0 Å². The molecule has 0 radical (unpaired) electrons. The summed E-state index contributed by atoms with van der Waals surface area (Å²) in [6, 6.07) is 42.9. The predicted molar refractivity (Wildman–Crippen MR) is 159 cm³/mol. The lowest BCUT2D eigenvalue weighted by Gasteiger charge is -2.34. The number of hydrogen-bond donors (Lipinski definition) is 0. The van der Waals surface area contributed by atoms with Crippen LogP contribution in [0, 0.1) is 0 Å². The van der Waals surface area contributed by atoms with Gasteiger partial charge in [-0.05, 0) is 40.5 Å². The number of fused-ring (bicyclic) bond motifs is 3. The first-order chi connectivity index (χ1) is 18.6. The van der Waals surface area contributed by atoms with Crippen molar-refractivity contribution in [3.63, 3.8) is 0 Å². The van der Waals surface area contributed by atoms with E-state index in [0.717, 1.165) is 33.5 Å². The van der Waals surface area contributed by atoms with Gasteiger partial charge in [-0.3, -0.25) is 0 Å². The zero-order valence-electron chi connectivity index (χ0n) is 21.3. The topological polar surface area (TPSA) is 25.8 Å². The average molecular weight is 507 g/mol. The van der Waals surface area contributed by atoms with Crippen LogP contribution in [0.15, 0.2) is 131 Å². The van der Waals surface area contributed by atoms with Crippen molar-refractivity contribution in [2.24, 2.45) is 0 Å². The van der Waals surface area contributed by atoms with E-state index in [2.05, 4.69) is 117 Å². The summed E-state index contributed by atoms with van der Waals surface area (Å²) in [5.74, 6) is 0.744. The number of aromatic nitrogens is 2. The SMILES string of the molecule is CC1(C)c2ccccc2Sc2cc(-c3ccc(-c4nc(-c5ccccc5)c5ccccc5n4)cc3)ccc21. The summed E-state index contributed by atoms with van der Waals surface area (Å²) in [4.78, 5) is 12.6. The summed E-state index contributed by atoms with van der Waals surface area (Å²) in [7, 11) is 0. The van der Waals surface area contributed by atoms with Crippen molar-refractivity contribution in [1.29, 1.82) is 0 Å². The first kappa shape index (κ1) is 22.9. The van der Waals surface area contributed by atoms with Gasteiger partial charge in [-0.25, -0.2) is 9.97 Å². The lowest BCUT2D eigenvalue weighted by Crippen LogP contribution is -2.23. The Bertz CT molecular complexity index is 1800. The second-order valence-corrected chi connectivity index (χ2v) is 11.4. The Balaban J connectivity index is 1.26. The Morgan fingerprint density at radius 3 is 2.03 bits per heavy atom. The fourth-order valence-electron chi connectivity index (χ4n) is 5.47. The molecule has 182 valence electrons. The number of hydrogen-bond acceptors (Lipinski definition) is 3. The maximum absolute atomic E-state index is 5.02. The van der Waals surface area contributed by atoms with Gasteiger partial charge in [0.2, 0.25) is 0 Å². The maximum atomic E-state index is 5.02. The lowest BCUT2D eigenvalue weighted by molar-refractivity contribution is 0.607. The van der Waals surface area contributed by atoms with Crippen LogP contribution in [0.25, 0.3) is 44.7 Å². The van der Waals surface area contributed by atoms with Crippen LogP contribution in [0.2, 0.25) is 0 Å². The van der Waals surface area contributed by atoms with E-state index in [4.69, 9.17) is 9.97 Å². The molecule has 0 unspecified atom stereocenters. The highest BCUT2D eigenvalue weighted by Crippen LogP contribution is 2.49. The second-order valence-electron chi connectivity index (χ2n) is 10.3. The highest BCUT2D eigenvalue weighted by atomic mass is 32.2. The van der Waals surface area contributed by atoms with Crippen molar-refractivity contribution in [2.45, 2.75) is 29.1 Å². The van der Waals surface area contributed by atoms with Gasteiger partial charge in [-0.15, -0.1) is 0 Å². The highest BCUT2D eigenvalue weighted by Gasteiger charge is 2.32. The van der Waals surface area contributed by atoms with Crippen LogP contribution in [-0.4, -0.2) is 9.97 Å². The summed E-state index contributed by atoms with van der Waals surface area (Å²) in [6.07, 6.45) is 0. The lowest BCUT2D eigenvalue weighted by atomic mass is 9.77. The molecule has 0 aliphatic carbocycles. The van der Waals surface area contributed by atoms with Gasteiger partial charge >= 0.3 is 0 Å². The Labute approximate surface area is 227 Å². The molecule has 1 aliphatic rings. The van der Waals surface area contributed by atoms with Crippen LogP contribution in [0.4, 0.5) is 0 Å². The molecule has 0 amide bonds. The molecule has 0 fully saturated rings. The van der Waals surface area contributed by atoms with E-state index in [0.29, 0.717) is 0 Å². The van der Waals surface area contributed by atoms with E-state index >= 15 is 0 Å². The minimum Gasteiger partial charge on any atom is -0.228 e. The summed E-state index contributed by atoms with van der Waals surface area (Å²) in [5, 5.41) is 1.06. The fourth-order valence-corrected chi connectivity index (χ4v) is 6.91. The molecule has 2 nitrogen and oxygen atoms in total. The van der Waals surface area contributed by atoms with Crippen LogP contribution in [0.5, 0.6) is 0 Å². The molecule has 0 saturated carbocycles. The van der Waals surface area contributed by atoms with E-state index in [1.165, 1.54) is 32.0 Å². The van der Waals surface area contributed by atoms with Crippen LogP contribution in [0.1, 0.15) is 25.0 Å².